The summed E-state index contributed by atoms with van der Waals surface area (Å²) in [6.45, 7) is -0.923. The molecule has 0 spiro atoms. The Balaban J connectivity index is 2.09. The van der Waals surface area contributed by atoms with Crippen molar-refractivity contribution < 1.29 is 22.6 Å². The Morgan fingerprint density at radius 2 is 2.27 bits per heavy atom. The van der Waals surface area contributed by atoms with Crippen molar-refractivity contribution in [3.8, 4) is 0 Å². The van der Waals surface area contributed by atoms with Crippen LogP contribution in [0.2, 0.25) is 0 Å². The van der Waals surface area contributed by atoms with Crippen LogP contribution in [-0.4, -0.2) is 32.1 Å². The van der Waals surface area contributed by atoms with Crippen LogP contribution in [0, 0.1) is 6.42 Å². The maximum absolute atomic E-state index is 12.2. The fourth-order valence-corrected chi connectivity index (χ4v) is 0.517. The minimum absolute atomic E-state index is 0.176. The lowest BCUT2D eigenvalue weighted by atomic mass is 10.4. The molecule has 0 bridgehead atoms. The Labute approximate surface area is 62.3 Å². The topological polar surface area (TPSA) is 21.8 Å². The molecule has 0 aliphatic carbocycles. The molecule has 0 aromatic carbocycles. The van der Waals surface area contributed by atoms with Crippen LogP contribution in [0.4, 0.5) is 13.2 Å². The van der Waals surface area contributed by atoms with E-state index in [0.717, 1.165) is 0 Å². The Bertz CT molecular complexity index is 125. The van der Waals surface area contributed by atoms with Crippen LogP contribution in [0.3, 0.4) is 0 Å². The maximum atomic E-state index is 12.2. The van der Waals surface area contributed by atoms with Gasteiger partial charge >= 0.3 is 6.11 Å². The van der Waals surface area contributed by atoms with E-state index in [1.807, 2.05) is 0 Å². The second kappa shape index (κ2) is 3.40. The van der Waals surface area contributed by atoms with Gasteiger partial charge in [0.05, 0.1) is 19.6 Å². The summed E-state index contributed by atoms with van der Waals surface area (Å²) in [5, 5.41) is 0. The minimum atomic E-state index is -3.46. The third-order valence-electron chi connectivity index (χ3n) is 1.18. The molecule has 1 atom stereocenters. The Kier molecular flexibility index (Phi) is 2.72. The van der Waals surface area contributed by atoms with Crippen molar-refractivity contribution in [1.82, 2.24) is 0 Å². The quantitative estimate of drug-likeness (QED) is 0.576. The second-order valence-electron chi connectivity index (χ2n) is 2.19. The first kappa shape index (κ1) is 8.80. The molecule has 5 heteroatoms. The van der Waals surface area contributed by atoms with E-state index in [1.54, 1.807) is 0 Å². The Hall–Kier alpha value is -0.290. The fraction of sp³-hybridized carbons (Fsp3) is 0.833. The van der Waals surface area contributed by atoms with Gasteiger partial charge in [-0.3, -0.25) is 4.39 Å². The zero-order valence-corrected chi connectivity index (χ0v) is 5.73. The van der Waals surface area contributed by atoms with Crippen LogP contribution in [0.1, 0.15) is 0 Å². The minimum Gasteiger partial charge on any atom is -0.371 e. The first-order valence-corrected chi connectivity index (χ1v) is 3.18. The van der Waals surface area contributed by atoms with Crippen LogP contribution in [0.25, 0.3) is 0 Å². The molecule has 1 heterocycles. The van der Waals surface area contributed by atoms with Gasteiger partial charge in [0.25, 0.3) is 0 Å². The van der Waals surface area contributed by atoms with Gasteiger partial charge in [-0.1, -0.05) is 0 Å². The number of hydrogen-bond donors (Lipinski definition) is 0. The van der Waals surface area contributed by atoms with E-state index in [0.29, 0.717) is 6.61 Å². The molecular formula is C6H8F3O2. The van der Waals surface area contributed by atoms with Gasteiger partial charge in [-0.05, 0) is 0 Å². The van der Waals surface area contributed by atoms with Crippen molar-refractivity contribution >= 4 is 0 Å². The van der Waals surface area contributed by atoms with E-state index >= 15 is 0 Å². The lowest BCUT2D eigenvalue weighted by Gasteiger charge is -2.13. The number of epoxide rings is 1. The summed E-state index contributed by atoms with van der Waals surface area (Å²) in [5.41, 5.74) is 0. The van der Waals surface area contributed by atoms with Crippen LogP contribution < -0.4 is 0 Å². The molecule has 11 heavy (non-hydrogen) atoms. The molecule has 2 nitrogen and oxygen atoms in total. The second-order valence-corrected chi connectivity index (χ2v) is 2.19. The van der Waals surface area contributed by atoms with Crippen LogP contribution in [0.5, 0.6) is 0 Å². The maximum Gasteiger partial charge on any atom is 0.361 e. The fourth-order valence-electron chi connectivity index (χ4n) is 0.517. The van der Waals surface area contributed by atoms with E-state index in [2.05, 4.69) is 9.47 Å². The van der Waals surface area contributed by atoms with Crippen molar-refractivity contribution in [3.05, 3.63) is 6.42 Å². The number of hydrogen-bond acceptors (Lipinski definition) is 2. The van der Waals surface area contributed by atoms with Gasteiger partial charge in [-0.25, -0.2) is 0 Å². The third-order valence-corrected chi connectivity index (χ3v) is 1.18. The van der Waals surface area contributed by atoms with E-state index < -0.39 is 12.8 Å². The van der Waals surface area contributed by atoms with Gasteiger partial charge in [0.1, 0.15) is 12.8 Å². The molecule has 0 N–H and O–H groups in total. The monoisotopic (exact) mass is 169 g/mol. The van der Waals surface area contributed by atoms with Crippen molar-refractivity contribution in [2.75, 3.05) is 19.9 Å². The smallest absolute Gasteiger partial charge is 0.361 e. The van der Waals surface area contributed by atoms with Gasteiger partial charge < -0.3 is 9.47 Å². The summed E-state index contributed by atoms with van der Waals surface area (Å²) in [5.74, 6) is 0. The normalized spacial score (nSPS) is 23.7. The molecule has 0 saturated carbocycles. The van der Waals surface area contributed by atoms with Crippen LogP contribution >= 0.6 is 0 Å². The average molecular weight is 169 g/mol. The Morgan fingerprint density at radius 1 is 1.64 bits per heavy atom. The summed E-state index contributed by atoms with van der Waals surface area (Å²) in [6.07, 6.45) is -3.51. The van der Waals surface area contributed by atoms with Crippen molar-refractivity contribution in [3.63, 3.8) is 0 Å². The van der Waals surface area contributed by atoms with Gasteiger partial charge in [0.15, 0.2) is 0 Å². The van der Waals surface area contributed by atoms with E-state index in [-0.39, 0.29) is 19.1 Å². The van der Waals surface area contributed by atoms with E-state index in [1.165, 1.54) is 0 Å². The highest BCUT2D eigenvalue weighted by molar-refractivity contribution is 4.76. The number of ether oxygens (including phenoxy) is 2. The standard InChI is InChI=1S/C6H8F3O2/c7-2-1-6(8,9)11-4-5-3-10-5/h1,5H,2-4H2. The molecule has 65 valence electrons. The Morgan fingerprint density at radius 3 is 2.73 bits per heavy atom. The lowest BCUT2D eigenvalue weighted by Crippen LogP contribution is -2.24. The predicted octanol–water partition coefficient (Wildman–Crippen LogP) is 1.17. The molecule has 1 radical (unpaired) electrons. The highest BCUT2D eigenvalue weighted by atomic mass is 19.3. The summed E-state index contributed by atoms with van der Waals surface area (Å²) in [7, 11) is 0. The lowest BCUT2D eigenvalue weighted by molar-refractivity contribution is -0.216. The molecule has 1 saturated heterocycles. The van der Waals surface area contributed by atoms with Crippen molar-refractivity contribution in [2.45, 2.75) is 12.2 Å². The van der Waals surface area contributed by atoms with Crippen molar-refractivity contribution in [1.29, 1.82) is 0 Å². The number of alkyl halides is 3. The summed E-state index contributed by atoms with van der Waals surface area (Å²) in [4.78, 5) is 0. The van der Waals surface area contributed by atoms with Gasteiger partial charge in [-0.2, -0.15) is 8.78 Å². The molecule has 0 aromatic heterocycles. The summed E-state index contributed by atoms with van der Waals surface area (Å²) >= 11 is 0. The first-order chi connectivity index (χ1) is 5.14. The molecule has 1 aliphatic heterocycles. The highest BCUT2D eigenvalue weighted by Gasteiger charge is 2.34. The molecule has 1 unspecified atom stereocenters. The van der Waals surface area contributed by atoms with E-state index in [4.69, 9.17) is 0 Å². The SMILES string of the molecule is FC[CH]C(F)(F)OCC1CO1. The van der Waals surface area contributed by atoms with E-state index in [9.17, 15) is 13.2 Å². The van der Waals surface area contributed by atoms with Gasteiger partial charge in [0, 0.05) is 0 Å². The zero-order valence-electron chi connectivity index (χ0n) is 5.73. The summed E-state index contributed by atoms with van der Waals surface area (Å²) in [6, 6.07) is 0. The molecule has 0 aromatic rings. The molecule has 0 amide bonds. The highest BCUT2D eigenvalue weighted by Crippen LogP contribution is 2.21. The number of rotatable bonds is 5. The van der Waals surface area contributed by atoms with Crippen LogP contribution in [-0.2, 0) is 9.47 Å². The molecule has 1 fully saturated rings. The largest absolute Gasteiger partial charge is 0.371 e. The van der Waals surface area contributed by atoms with Crippen molar-refractivity contribution in [2.24, 2.45) is 0 Å². The zero-order chi connectivity index (χ0) is 8.32. The molecular weight excluding hydrogens is 161 g/mol. The number of halogens is 3. The van der Waals surface area contributed by atoms with Gasteiger partial charge in [0.2, 0.25) is 0 Å². The van der Waals surface area contributed by atoms with Crippen LogP contribution in [0.15, 0.2) is 0 Å². The summed E-state index contributed by atoms with van der Waals surface area (Å²) < 4.78 is 44.5. The molecule has 1 aliphatic rings. The van der Waals surface area contributed by atoms with Gasteiger partial charge in [-0.15, -0.1) is 0 Å². The first-order valence-electron chi connectivity index (χ1n) is 3.18. The predicted molar refractivity (Wildman–Crippen MR) is 30.9 cm³/mol. The average Bonchev–Trinajstić information content (AvgIpc) is 2.65. The third kappa shape index (κ3) is 3.57. The molecule has 1 rings (SSSR count).